The van der Waals surface area contributed by atoms with Crippen molar-refractivity contribution in [1.29, 1.82) is 0 Å². The predicted octanol–water partition coefficient (Wildman–Crippen LogP) is 3.64. The first-order chi connectivity index (χ1) is 13.4. The normalized spacial score (nSPS) is 16.0. The second-order valence-electron chi connectivity index (χ2n) is 5.61. The standard InChI is InChI=1S/C19H12ClN3O4S/c20-14-9-2-4-11-16(14)22-18(25)13(17(24)21-19(22)28)8-5-7-12-6-1-3-10-15(12)23(26)27/h1-11H,(H,21,24,28)/b7-5+,13-8+. The van der Waals surface area contributed by atoms with E-state index in [0.29, 0.717) is 16.3 Å². The van der Waals surface area contributed by atoms with Gasteiger partial charge in [0.15, 0.2) is 5.11 Å². The lowest BCUT2D eigenvalue weighted by Gasteiger charge is -2.29. The molecule has 28 heavy (non-hydrogen) atoms. The summed E-state index contributed by atoms with van der Waals surface area (Å²) in [5.74, 6) is -1.31. The van der Waals surface area contributed by atoms with Crippen molar-refractivity contribution in [3.05, 3.63) is 87.0 Å². The first-order valence-corrected chi connectivity index (χ1v) is 8.75. The van der Waals surface area contributed by atoms with E-state index in [1.165, 1.54) is 24.3 Å². The van der Waals surface area contributed by atoms with Crippen LogP contribution in [0.3, 0.4) is 0 Å². The molecule has 7 nitrogen and oxygen atoms in total. The van der Waals surface area contributed by atoms with Crippen LogP contribution < -0.4 is 10.2 Å². The number of nitro benzene ring substituents is 1. The summed E-state index contributed by atoms with van der Waals surface area (Å²) in [4.78, 5) is 36.7. The lowest BCUT2D eigenvalue weighted by Crippen LogP contribution is -2.54. The van der Waals surface area contributed by atoms with Gasteiger partial charge >= 0.3 is 0 Å². The lowest BCUT2D eigenvalue weighted by atomic mass is 10.1. The minimum Gasteiger partial charge on any atom is -0.298 e. The maximum atomic E-state index is 12.8. The fourth-order valence-electron chi connectivity index (χ4n) is 2.57. The van der Waals surface area contributed by atoms with Crippen LogP contribution in [0.15, 0.2) is 66.3 Å². The Morgan fingerprint density at radius 3 is 2.50 bits per heavy atom. The van der Waals surface area contributed by atoms with Crippen molar-refractivity contribution in [2.24, 2.45) is 0 Å². The van der Waals surface area contributed by atoms with Crippen molar-refractivity contribution < 1.29 is 14.5 Å². The Morgan fingerprint density at radius 1 is 1.11 bits per heavy atom. The van der Waals surface area contributed by atoms with Crippen molar-refractivity contribution in [1.82, 2.24) is 5.32 Å². The first-order valence-electron chi connectivity index (χ1n) is 7.96. The topological polar surface area (TPSA) is 92.6 Å². The molecule has 0 unspecified atom stereocenters. The third kappa shape index (κ3) is 3.83. The fraction of sp³-hybridized carbons (Fsp3) is 0. The van der Waals surface area contributed by atoms with Crippen LogP contribution in [0.25, 0.3) is 6.08 Å². The highest BCUT2D eigenvalue weighted by Gasteiger charge is 2.34. The monoisotopic (exact) mass is 413 g/mol. The number of carbonyl (C=O) groups excluding carboxylic acids is 2. The zero-order chi connectivity index (χ0) is 20.3. The number of nitrogens with one attached hydrogen (secondary N) is 1. The van der Waals surface area contributed by atoms with Gasteiger partial charge < -0.3 is 0 Å². The van der Waals surface area contributed by atoms with Crippen molar-refractivity contribution in [2.45, 2.75) is 0 Å². The number of anilines is 1. The molecular weight excluding hydrogens is 402 g/mol. The number of benzene rings is 2. The minimum atomic E-state index is -0.662. The average Bonchev–Trinajstić information content (AvgIpc) is 2.66. The summed E-state index contributed by atoms with van der Waals surface area (Å²) in [6.45, 7) is 0. The number of thiocarbonyl (C=S) groups is 1. The molecule has 2 amide bonds. The molecule has 1 heterocycles. The van der Waals surface area contributed by atoms with Gasteiger partial charge in [-0.2, -0.15) is 0 Å². The zero-order valence-electron chi connectivity index (χ0n) is 14.2. The molecule has 0 radical (unpaired) electrons. The van der Waals surface area contributed by atoms with E-state index >= 15 is 0 Å². The number of rotatable bonds is 4. The molecule has 1 aliphatic heterocycles. The van der Waals surface area contributed by atoms with E-state index < -0.39 is 16.7 Å². The Balaban J connectivity index is 1.94. The number of hydrogen-bond donors (Lipinski definition) is 1. The Kier molecular flexibility index (Phi) is 5.62. The molecule has 2 aromatic rings. The van der Waals surface area contributed by atoms with E-state index in [1.807, 2.05) is 0 Å². The molecule has 3 rings (SSSR count). The van der Waals surface area contributed by atoms with Gasteiger partial charge in [0, 0.05) is 6.07 Å². The Morgan fingerprint density at radius 2 is 1.79 bits per heavy atom. The molecule has 0 bridgehead atoms. The highest BCUT2D eigenvalue weighted by atomic mass is 35.5. The maximum Gasteiger partial charge on any atom is 0.276 e. The highest BCUT2D eigenvalue weighted by molar-refractivity contribution is 7.80. The summed E-state index contributed by atoms with van der Waals surface area (Å²) in [7, 11) is 0. The van der Waals surface area contributed by atoms with E-state index in [1.54, 1.807) is 42.5 Å². The van der Waals surface area contributed by atoms with Gasteiger partial charge in [0.2, 0.25) is 0 Å². The van der Waals surface area contributed by atoms with E-state index in [2.05, 4.69) is 5.32 Å². The number of para-hydroxylation sites is 2. The van der Waals surface area contributed by atoms with Gasteiger partial charge in [-0.25, -0.2) is 0 Å². The number of allylic oxidation sites excluding steroid dienone is 2. The van der Waals surface area contributed by atoms with Crippen LogP contribution in [-0.2, 0) is 9.59 Å². The summed E-state index contributed by atoms with van der Waals surface area (Å²) in [5.41, 5.74) is 0.415. The summed E-state index contributed by atoms with van der Waals surface area (Å²) >= 11 is 11.2. The van der Waals surface area contributed by atoms with Crippen LogP contribution in [0.5, 0.6) is 0 Å². The molecule has 1 saturated heterocycles. The van der Waals surface area contributed by atoms with E-state index in [4.69, 9.17) is 23.8 Å². The second kappa shape index (κ2) is 8.12. The summed E-state index contributed by atoms with van der Waals surface area (Å²) in [6, 6.07) is 12.7. The molecule has 140 valence electrons. The SMILES string of the molecule is O=C1NC(=S)N(c2ccccc2Cl)C(=O)/C1=C/C=C/c1ccccc1[N+](=O)[O-]. The molecule has 2 aromatic carbocycles. The molecule has 9 heteroatoms. The number of carbonyl (C=O) groups is 2. The van der Waals surface area contributed by atoms with Crippen molar-refractivity contribution in [2.75, 3.05) is 4.90 Å². The third-order valence-electron chi connectivity index (χ3n) is 3.87. The Bertz CT molecular complexity index is 1060. The molecule has 1 N–H and O–H groups in total. The lowest BCUT2D eigenvalue weighted by molar-refractivity contribution is -0.385. The van der Waals surface area contributed by atoms with Gasteiger partial charge in [-0.15, -0.1) is 0 Å². The number of nitro groups is 1. The van der Waals surface area contributed by atoms with Gasteiger partial charge in [0.1, 0.15) is 5.57 Å². The summed E-state index contributed by atoms with van der Waals surface area (Å²) in [6.07, 6.45) is 4.12. The van der Waals surface area contributed by atoms with Crippen molar-refractivity contribution in [3.63, 3.8) is 0 Å². The predicted molar refractivity (Wildman–Crippen MR) is 110 cm³/mol. The van der Waals surface area contributed by atoms with Crippen molar-refractivity contribution >= 4 is 58.2 Å². The van der Waals surface area contributed by atoms with Gasteiger partial charge in [0.25, 0.3) is 17.5 Å². The van der Waals surface area contributed by atoms with Gasteiger partial charge in [-0.05, 0) is 42.6 Å². The third-order valence-corrected chi connectivity index (χ3v) is 4.47. The molecule has 0 spiro atoms. The quantitative estimate of drug-likeness (QED) is 0.271. The van der Waals surface area contributed by atoms with Gasteiger partial charge in [0.05, 0.1) is 21.2 Å². The van der Waals surface area contributed by atoms with E-state index in [0.717, 1.165) is 4.90 Å². The van der Waals surface area contributed by atoms with E-state index in [-0.39, 0.29) is 16.4 Å². The van der Waals surface area contributed by atoms with Crippen LogP contribution in [0.4, 0.5) is 11.4 Å². The molecule has 1 aliphatic rings. The molecule has 0 aromatic heterocycles. The van der Waals surface area contributed by atoms with Crippen LogP contribution in [0.2, 0.25) is 5.02 Å². The molecule has 0 saturated carbocycles. The first kappa shape index (κ1) is 19.4. The smallest absolute Gasteiger partial charge is 0.276 e. The second-order valence-corrected chi connectivity index (χ2v) is 6.40. The number of nitrogens with zero attached hydrogens (tertiary/aromatic N) is 2. The minimum absolute atomic E-state index is 0.0806. The average molecular weight is 414 g/mol. The van der Waals surface area contributed by atoms with Crippen LogP contribution in [-0.4, -0.2) is 21.9 Å². The molecule has 1 fully saturated rings. The zero-order valence-corrected chi connectivity index (χ0v) is 15.7. The fourth-order valence-corrected chi connectivity index (χ4v) is 3.07. The largest absolute Gasteiger partial charge is 0.298 e. The van der Waals surface area contributed by atoms with Gasteiger partial charge in [-0.3, -0.25) is 29.9 Å². The number of halogens is 1. The summed E-state index contributed by atoms with van der Waals surface area (Å²) < 4.78 is 0. The van der Waals surface area contributed by atoms with Crippen LogP contribution in [0.1, 0.15) is 5.56 Å². The van der Waals surface area contributed by atoms with E-state index in [9.17, 15) is 19.7 Å². The Hall–Kier alpha value is -3.36. The van der Waals surface area contributed by atoms with Crippen LogP contribution >= 0.6 is 23.8 Å². The Labute approximate surface area is 170 Å². The highest BCUT2D eigenvalue weighted by Crippen LogP contribution is 2.28. The summed E-state index contributed by atoms with van der Waals surface area (Å²) in [5, 5.41) is 13.7. The molecule has 0 atom stereocenters. The maximum absolute atomic E-state index is 12.8. The van der Waals surface area contributed by atoms with Gasteiger partial charge in [-0.1, -0.05) is 41.9 Å². The number of hydrogen-bond acceptors (Lipinski definition) is 5. The molecule has 0 aliphatic carbocycles. The van der Waals surface area contributed by atoms with Crippen LogP contribution in [0, 0.1) is 10.1 Å². The number of amides is 2. The van der Waals surface area contributed by atoms with Crippen molar-refractivity contribution in [3.8, 4) is 0 Å². The molecular formula is C19H12ClN3O4S.